The summed E-state index contributed by atoms with van der Waals surface area (Å²) in [5, 5.41) is 17.0. The Morgan fingerprint density at radius 2 is 1.92 bits per heavy atom. The van der Waals surface area contributed by atoms with E-state index in [9.17, 15) is 19.7 Å². The Morgan fingerprint density at radius 1 is 1.15 bits per heavy atom. The minimum Gasteiger partial charge on any atom is -0.377 e. The SMILES string of the molecule is NC(=O)c1cccc(CNC(=O)c2ccc(NC3CC3)c([N+](=O)[O-])c2)c1. The molecule has 1 aliphatic carbocycles. The number of nitrogens with one attached hydrogen (secondary N) is 2. The molecule has 0 saturated heterocycles. The van der Waals surface area contributed by atoms with Crippen molar-refractivity contribution in [1.82, 2.24) is 5.32 Å². The molecule has 2 aromatic carbocycles. The lowest BCUT2D eigenvalue weighted by Gasteiger charge is -2.09. The van der Waals surface area contributed by atoms with E-state index in [2.05, 4.69) is 10.6 Å². The maximum absolute atomic E-state index is 12.3. The van der Waals surface area contributed by atoms with E-state index in [1.165, 1.54) is 6.07 Å². The summed E-state index contributed by atoms with van der Waals surface area (Å²) in [5.74, 6) is -0.983. The molecule has 1 saturated carbocycles. The minimum atomic E-state index is -0.549. The number of nitrogens with two attached hydrogens (primary N) is 1. The number of anilines is 1. The van der Waals surface area contributed by atoms with Gasteiger partial charge in [0.15, 0.2) is 0 Å². The molecule has 26 heavy (non-hydrogen) atoms. The van der Waals surface area contributed by atoms with Gasteiger partial charge in [0, 0.05) is 29.8 Å². The molecule has 0 radical (unpaired) electrons. The fourth-order valence-electron chi connectivity index (χ4n) is 2.51. The van der Waals surface area contributed by atoms with E-state index < -0.39 is 16.7 Å². The average molecular weight is 354 g/mol. The molecule has 0 aromatic heterocycles. The lowest BCUT2D eigenvalue weighted by molar-refractivity contribution is -0.384. The Bertz CT molecular complexity index is 877. The third-order valence-electron chi connectivity index (χ3n) is 4.06. The molecule has 2 amide bonds. The zero-order valence-corrected chi connectivity index (χ0v) is 13.9. The van der Waals surface area contributed by atoms with Crippen LogP contribution in [0.1, 0.15) is 39.1 Å². The van der Waals surface area contributed by atoms with Gasteiger partial charge in [0.05, 0.1) is 4.92 Å². The van der Waals surface area contributed by atoms with Crippen LogP contribution < -0.4 is 16.4 Å². The number of benzene rings is 2. The number of primary amides is 1. The number of carbonyl (C=O) groups excluding carboxylic acids is 2. The highest BCUT2D eigenvalue weighted by molar-refractivity contribution is 5.96. The number of rotatable bonds is 7. The summed E-state index contributed by atoms with van der Waals surface area (Å²) in [5.41, 5.74) is 6.78. The maximum atomic E-state index is 12.3. The van der Waals surface area contributed by atoms with Gasteiger partial charge in [-0.1, -0.05) is 12.1 Å². The molecule has 0 bridgehead atoms. The molecular weight excluding hydrogens is 336 g/mol. The number of nitrogens with zero attached hydrogens (tertiary/aromatic N) is 1. The largest absolute Gasteiger partial charge is 0.377 e. The van der Waals surface area contributed by atoms with Crippen LogP contribution in [-0.4, -0.2) is 22.8 Å². The molecule has 4 N–H and O–H groups in total. The van der Waals surface area contributed by atoms with Crippen molar-refractivity contribution in [2.24, 2.45) is 5.73 Å². The van der Waals surface area contributed by atoms with Gasteiger partial charge < -0.3 is 16.4 Å². The van der Waals surface area contributed by atoms with Crippen LogP contribution in [0.2, 0.25) is 0 Å². The lowest BCUT2D eigenvalue weighted by atomic mass is 10.1. The van der Waals surface area contributed by atoms with E-state index in [1.54, 1.807) is 36.4 Å². The first-order valence-corrected chi connectivity index (χ1v) is 8.16. The Hall–Kier alpha value is -3.42. The van der Waals surface area contributed by atoms with E-state index >= 15 is 0 Å². The summed E-state index contributed by atoms with van der Waals surface area (Å²) in [4.78, 5) is 34.3. The number of hydrogen-bond donors (Lipinski definition) is 3. The number of nitro groups is 1. The van der Waals surface area contributed by atoms with Crippen LogP contribution in [0.25, 0.3) is 0 Å². The van der Waals surface area contributed by atoms with Gasteiger partial charge in [0.1, 0.15) is 5.69 Å². The molecule has 134 valence electrons. The van der Waals surface area contributed by atoms with Crippen molar-refractivity contribution in [3.63, 3.8) is 0 Å². The summed E-state index contributed by atoms with van der Waals surface area (Å²) in [6.45, 7) is 0.176. The predicted octanol–water partition coefficient (Wildman–Crippen LogP) is 2.20. The van der Waals surface area contributed by atoms with Crippen LogP contribution in [0.15, 0.2) is 42.5 Å². The topological polar surface area (TPSA) is 127 Å². The van der Waals surface area contributed by atoms with E-state index in [1.807, 2.05) is 0 Å². The summed E-state index contributed by atoms with van der Waals surface area (Å²) >= 11 is 0. The second kappa shape index (κ2) is 7.22. The molecule has 8 heteroatoms. The summed E-state index contributed by atoms with van der Waals surface area (Å²) in [7, 11) is 0. The molecule has 0 heterocycles. The van der Waals surface area contributed by atoms with Crippen molar-refractivity contribution in [3.8, 4) is 0 Å². The van der Waals surface area contributed by atoms with Crippen molar-refractivity contribution in [2.75, 3.05) is 5.32 Å². The van der Waals surface area contributed by atoms with Crippen molar-refractivity contribution in [2.45, 2.75) is 25.4 Å². The van der Waals surface area contributed by atoms with Crippen LogP contribution in [-0.2, 0) is 6.54 Å². The highest BCUT2D eigenvalue weighted by atomic mass is 16.6. The Balaban J connectivity index is 1.71. The van der Waals surface area contributed by atoms with Crippen LogP contribution >= 0.6 is 0 Å². The van der Waals surface area contributed by atoms with Gasteiger partial charge in [0.25, 0.3) is 11.6 Å². The van der Waals surface area contributed by atoms with Crippen LogP contribution in [0.5, 0.6) is 0 Å². The van der Waals surface area contributed by atoms with Gasteiger partial charge in [-0.25, -0.2) is 0 Å². The molecule has 3 rings (SSSR count). The molecule has 2 aromatic rings. The number of hydrogen-bond acceptors (Lipinski definition) is 5. The summed E-state index contributed by atoms with van der Waals surface area (Å²) in [6, 6.07) is 11.2. The molecule has 0 spiro atoms. The lowest BCUT2D eigenvalue weighted by Crippen LogP contribution is -2.23. The van der Waals surface area contributed by atoms with Gasteiger partial charge in [-0.2, -0.15) is 0 Å². The van der Waals surface area contributed by atoms with Crippen LogP contribution in [0.4, 0.5) is 11.4 Å². The monoisotopic (exact) mass is 354 g/mol. The molecule has 0 aliphatic heterocycles. The molecule has 1 aliphatic rings. The minimum absolute atomic E-state index is 0.125. The molecule has 8 nitrogen and oxygen atoms in total. The third-order valence-corrected chi connectivity index (χ3v) is 4.06. The van der Waals surface area contributed by atoms with E-state index in [0.717, 1.165) is 12.8 Å². The van der Waals surface area contributed by atoms with E-state index in [0.29, 0.717) is 16.8 Å². The molecule has 0 unspecified atom stereocenters. The van der Waals surface area contributed by atoms with Gasteiger partial charge >= 0.3 is 0 Å². The standard InChI is InChI=1S/C18H18N4O4/c19-17(23)12-3-1-2-11(8-12)10-20-18(24)13-4-7-15(21-14-5-6-14)16(9-13)22(25)26/h1-4,7-9,14,21H,5-6,10H2,(H2,19,23)(H,20,24). The summed E-state index contributed by atoms with van der Waals surface area (Å²) in [6.07, 6.45) is 1.98. The second-order valence-electron chi connectivity index (χ2n) is 6.15. The smallest absolute Gasteiger partial charge is 0.293 e. The van der Waals surface area contributed by atoms with Crippen molar-refractivity contribution < 1.29 is 14.5 Å². The quantitative estimate of drug-likeness (QED) is 0.519. The summed E-state index contributed by atoms with van der Waals surface area (Å²) < 4.78 is 0. The predicted molar refractivity (Wildman–Crippen MR) is 95.9 cm³/mol. The van der Waals surface area contributed by atoms with Gasteiger partial charge in [-0.3, -0.25) is 19.7 Å². The Morgan fingerprint density at radius 3 is 2.58 bits per heavy atom. The third kappa shape index (κ3) is 4.15. The number of amides is 2. The molecular formula is C18H18N4O4. The first-order chi connectivity index (χ1) is 12.4. The zero-order chi connectivity index (χ0) is 18.7. The van der Waals surface area contributed by atoms with E-state index in [4.69, 9.17) is 5.73 Å². The zero-order valence-electron chi connectivity index (χ0n) is 13.9. The average Bonchev–Trinajstić information content (AvgIpc) is 3.44. The molecule has 0 atom stereocenters. The first kappa shape index (κ1) is 17.4. The fourth-order valence-corrected chi connectivity index (χ4v) is 2.51. The molecule has 1 fully saturated rings. The van der Waals surface area contributed by atoms with Crippen molar-refractivity contribution >= 4 is 23.2 Å². The highest BCUT2D eigenvalue weighted by Gasteiger charge is 2.25. The van der Waals surface area contributed by atoms with Gasteiger partial charge in [-0.05, 0) is 42.7 Å². The second-order valence-corrected chi connectivity index (χ2v) is 6.15. The highest BCUT2D eigenvalue weighted by Crippen LogP contribution is 2.31. The van der Waals surface area contributed by atoms with Crippen molar-refractivity contribution in [1.29, 1.82) is 0 Å². The first-order valence-electron chi connectivity index (χ1n) is 8.16. The Labute approximate surface area is 149 Å². The van der Waals surface area contributed by atoms with Crippen LogP contribution in [0, 0.1) is 10.1 Å². The van der Waals surface area contributed by atoms with E-state index in [-0.39, 0.29) is 23.8 Å². The van der Waals surface area contributed by atoms with Crippen LogP contribution in [0.3, 0.4) is 0 Å². The number of nitro benzene ring substituents is 1. The normalized spacial score (nSPS) is 13.1. The van der Waals surface area contributed by atoms with Crippen molar-refractivity contribution in [3.05, 3.63) is 69.3 Å². The fraction of sp³-hybridized carbons (Fsp3) is 0.222. The number of carbonyl (C=O) groups is 2. The Kier molecular flexibility index (Phi) is 4.83. The van der Waals surface area contributed by atoms with Gasteiger partial charge in [0.2, 0.25) is 5.91 Å². The maximum Gasteiger partial charge on any atom is 0.293 e. The van der Waals surface area contributed by atoms with Gasteiger partial charge in [-0.15, -0.1) is 0 Å².